The lowest BCUT2D eigenvalue weighted by Gasteiger charge is -2.21. The zero-order valence-electron chi connectivity index (χ0n) is 10.3. The van der Waals surface area contributed by atoms with Crippen molar-refractivity contribution in [1.82, 2.24) is 4.90 Å². The van der Waals surface area contributed by atoms with Crippen molar-refractivity contribution < 1.29 is 14.6 Å². The van der Waals surface area contributed by atoms with Crippen molar-refractivity contribution in [2.45, 2.75) is 19.9 Å². The van der Waals surface area contributed by atoms with Crippen molar-refractivity contribution in [3.05, 3.63) is 29.8 Å². The molecule has 0 aliphatic carbocycles. The molecular weight excluding hydrogens is 218 g/mol. The minimum absolute atomic E-state index is 0.00403. The molecule has 17 heavy (non-hydrogen) atoms. The lowest BCUT2D eigenvalue weighted by molar-refractivity contribution is -0.129. The van der Waals surface area contributed by atoms with Crippen LogP contribution >= 0.6 is 0 Å². The fourth-order valence-electron chi connectivity index (χ4n) is 1.65. The molecule has 4 heteroatoms. The van der Waals surface area contributed by atoms with Crippen LogP contribution in [0.2, 0.25) is 0 Å². The Balaban J connectivity index is 2.74. The molecule has 0 saturated carbocycles. The first kappa shape index (κ1) is 13.5. The number of carbonyl (C=O) groups is 1. The van der Waals surface area contributed by atoms with Gasteiger partial charge in [0.25, 0.3) is 0 Å². The molecule has 0 aromatic heterocycles. The van der Waals surface area contributed by atoms with Gasteiger partial charge in [-0.3, -0.25) is 4.79 Å². The van der Waals surface area contributed by atoms with E-state index in [-0.39, 0.29) is 12.5 Å². The van der Waals surface area contributed by atoms with Crippen LogP contribution < -0.4 is 4.74 Å². The van der Waals surface area contributed by atoms with Crippen molar-refractivity contribution in [1.29, 1.82) is 0 Å². The molecule has 0 unspecified atom stereocenters. The van der Waals surface area contributed by atoms with Crippen molar-refractivity contribution >= 4 is 5.91 Å². The molecule has 0 aliphatic rings. The smallest absolute Gasteiger partial charge is 0.219 e. The van der Waals surface area contributed by atoms with E-state index in [9.17, 15) is 4.79 Å². The first-order chi connectivity index (χ1) is 8.19. The van der Waals surface area contributed by atoms with Gasteiger partial charge in [0.05, 0.1) is 7.11 Å². The minimum Gasteiger partial charge on any atom is -0.496 e. The van der Waals surface area contributed by atoms with Crippen LogP contribution in [0.3, 0.4) is 0 Å². The summed E-state index contributed by atoms with van der Waals surface area (Å²) in [4.78, 5) is 13.2. The highest BCUT2D eigenvalue weighted by Crippen LogP contribution is 2.19. The zero-order chi connectivity index (χ0) is 12.7. The largest absolute Gasteiger partial charge is 0.496 e. The maximum absolute atomic E-state index is 11.5. The van der Waals surface area contributed by atoms with E-state index in [0.29, 0.717) is 19.5 Å². The normalized spacial score (nSPS) is 10.1. The van der Waals surface area contributed by atoms with Gasteiger partial charge in [-0.25, -0.2) is 0 Å². The number of hydrogen-bond acceptors (Lipinski definition) is 3. The molecule has 0 radical (unpaired) electrons. The number of rotatable bonds is 6. The van der Waals surface area contributed by atoms with Gasteiger partial charge in [0, 0.05) is 32.2 Å². The van der Waals surface area contributed by atoms with Crippen LogP contribution in [0.1, 0.15) is 18.9 Å². The molecule has 4 nitrogen and oxygen atoms in total. The molecule has 0 heterocycles. The van der Waals surface area contributed by atoms with Crippen molar-refractivity contribution in [3.63, 3.8) is 0 Å². The summed E-state index contributed by atoms with van der Waals surface area (Å²) in [6.45, 7) is 2.70. The molecule has 0 bridgehead atoms. The summed E-state index contributed by atoms with van der Waals surface area (Å²) in [5, 5.41) is 8.80. The summed E-state index contributed by atoms with van der Waals surface area (Å²) in [6, 6.07) is 7.63. The molecule has 94 valence electrons. The van der Waals surface area contributed by atoms with Crippen LogP contribution in [0, 0.1) is 0 Å². The molecule has 0 spiro atoms. The molecule has 1 N–H and O–H groups in total. The molecule has 0 fully saturated rings. The number of para-hydroxylation sites is 1. The predicted molar refractivity (Wildman–Crippen MR) is 65.8 cm³/mol. The second kappa shape index (κ2) is 6.91. The highest BCUT2D eigenvalue weighted by molar-refractivity contribution is 5.73. The van der Waals surface area contributed by atoms with Gasteiger partial charge >= 0.3 is 0 Å². The highest BCUT2D eigenvalue weighted by Gasteiger charge is 2.11. The number of ether oxygens (including phenoxy) is 1. The third-order valence-corrected chi connectivity index (χ3v) is 2.59. The summed E-state index contributed by atoms with van der Waals surface area (Å²) < 4.78 is 5.24. The summed E-state index contributed by atoms with van der Waals surface area (Å²) in [6.07, 6.45) is 0.592. The summed E-state index contributed by atoms with van der Waals surface area (Å²) in [5.41, 5.74) is 0.975. The Hall–Kier alpha value is -1.55. The third kappa shape index (κ3) is 4.07. The summed E-state index contributed by atoms with van der Waals surface area (Å²) in [5.74, 6) is 0.784. The lowest BCUT2D eigenvalue weighted by atomic mass is 10.2. The SMILES string of the molecule is COc1ccccc1CN(CCCO)C(C)=O. The van der Waals surface area contributed by atoms with E-state index in [4.69, 9.17) is 9.84 Å². The highest BCUT2D eigenvalue weighted by atomic mass is 16.5. The Kier molecular flexibility index (Phi) is 5.49. The fraction of sp³-hybridized carbons (Fsp3) is 0.462. The molecule has 1 aromatic carbocycles. The predicted octanol–water partition coefficient (Wildman–Crippen LogP) is 1.43. The fourth-order valence-corrected chi connectivity index (χ4v) is 1.65. The number of amides is 1. The minimum atomic E-state index is 0.00403. The van der Waals surface area contributed by atoms with E-state index in [1.165, 1.54) is 6.92 Å². The number of hydrogen-bond donors (Lipinski definition) is 1. The molecule has 1 aromatic rings. The number of carbonyl (C=O) groups excluding carboxylic acids is 1. The van der Waals surface area contributed by atoms with Crippen LogP contribution in [-0.2, 0) is 11.3 Å². The molecule has 0 aliphatic heterocycles. The molecule has 1 amide bonds. The van der Waals surface area contributed by atoms with Crippen molar-refractivity contribution in [3.8, 4) is 5.75 Å². The summed E-state index contributed by atoms with van der Waals surface area (Å²) in [7, 11) is 1.62. The first-order valence-electron chi connectivity index (χ1n) is 5.67. The molecular formula is C13H19NO3. The standard InChI is InChI=1S/C13H19NO3/c1-11(16)14(8-5-9-15)10-12-6-3-4-7-13(12)17-2/h3-4,6-7,15H,5,8-10H2,1-2H3. The average Bonchev–Trinajstić information content (AvgIpc) is 2.34. The lowest BCUT2D eigenvalue weighted by Crippen LogP contribution is -2.29. The van der Waals surface area contributed by atoms with E-state index >= 15 is 0 Å². The maximum atomic E-state index is 11.5. The van der Waals surface area contributed by atoms with Crippen molar-refractivity contribution in [2.24, 2.45) is 0 Å². The molecule has 0 atom stereocenters. The topological polar surface area (TPSA) is 49.8 Å². The van der Waals surface area contributed by atoms with E-state index in [1.54, 1.807) is 12.0 Å². The maximum Gasteiger partial charge on any atom is 0.219 e. The Morgan fingerprint density at radius 1 is 1.41 bits per heavy atom. The van der Waals surface area contributed by atoms with Gasteiger partial charge in [-0.1, -0.05) is 18.2 Å². The Labute approximate surface area is 102 Å². The number of methoxy groups -OCH3 is 1. The van der Waals surface area contributed by atoms with E-state index in [0.717, 1.165) is 11.3 Å². The van der Waals surface area contributed by atoms with Gasteiger partial charge in [-0.05, 0) is 12.5 Å². The van der Waals surface area contributed by atoms with Crippen LogP contribution in [-0.4, -0.2) is 36.2 Å². The number of aliphatic hydroxyl groups is 1. The number of aliphatic hydroxyl groups excluding tert-OH is 1. The van der Waals surface area contributed by atoms with Crippen LogP contribution in [0.4, 0.5) is 0 Å². The Bertz CT molecular complexity index is 365. The number of benzene rings is 1. The monoisotopic (exact) mass is 237 g/mol. The average molecular weight is 237 g/mol. The van der Waals surface area contributed by atoms with Gasteiger partial charge in [0.1, 0.15) is 5.75 Å². The number of nitrogens with zero attached hydrogens (tertiary/aromatic N) is 1. The second-order valence-electron chi connectivity index (χ2n) is 3.83. The molecule has 0 saturated heterocycles. The van der Waals surface area contributed by atoms with Gasteiger partial charge in [0.15, 0.2) is 0 Å². The Morgan fingerprint density at radius 2 is 2.12 bits per heavy atom. The van der Waals surface area contributed by atoms with Crippen LogP contribution in [0.25, 0.3) is 0 Å². The van der Waals surface area contributed by atoms with E-state index in [2.05, 4.69) is 0 Å². The molecule has 1 rings (SSSR count). The first-order valence-corrected chi connectivity index (χ1v) is 5.67. The van der Waals surface area contributed by atoms with E-state index in [1.807, 2.05) is 24.3 Å². The van der Waals surface area contributed by atoms with Gasteiger partial charge in [-0.2, -0.15) is 0 Å². The van der Waals surface area contributed by atoms with E-state index < -0.39 is 0 Å². The van der Waals surface area contributed by atoms with Crippen molar-refractivity contribution in [2.75, 3.05) is 20.3 Å². The van der Waals surface area contributed by atoms with Crippen LogP contribution in [0.15, 0.2) is 24.3 Å². The van der Waals surface area contributed by atoms with Gasteiger partial charge < -0.3 is 14.7 Å². The van der Waals surface area contributed by atoms with Gasteiger partial charge in [-0.15, -0.1) is 0 Å². The second-order valence-corrected chi connectivity index (χ2v) is 3.83. The quantitative estimate of drug-likeness (QED) is 0.814. The third-order valence-electron chi connectivity index (χ3n) is 2.59. The zero-order valence-corrected chi connectivity index (χ0v) is 10.3. The van der Waals surface area contributed by atoms with Gasteiger partial charge in [0.2, 0.25) is 5.91 Å². The Morgan fingerprint density at radius 3 is 2.71 bits per heavy atom. The summed E-state index contributed by atoms with van der Waals surface area (Å²) >= 11 is 0. The van der Waals surface area contributed by atoms with Crippen LogP contribution in [0.5, 0.6) is 5.75 Å².